The van der Waals surface area contributed by atoms with Crippen molar-refractivity contribution >= 4 is 35.8 Å². The third kappa shape index (κ3) is 8.94. The van der Waals surface area contributed by atoms with Gasteiger partial charge in [0.2, 0.25) is 5.91 Å². The Balaban J connectivity index is 0.00000341. The van der Waals surface area contributed by atoms with Crippen LogP contribution in [0.15, 0.2) is 35.3 Å². The van der Waals surface area contributed by atoms with E-state index in [0.717, 1.165) is 64.6 Å². The second kappa shape index (κ2) is 14.6. The predicted molar refractivity (Wildman–Crippen MR) is 136 cm³/mol. The normalized spacial score (nSPS) is 18.3. The molecule has 0 radical (unpaired) electrons. The third-order valence-corrected chi connectivity index (χ3v) is 5.84. The number of halogens is 1. The van der Waals surface area contributed by atoms with Gasteiger partial charge in [0.25, 0.3) is 0 Å². The summed E-state index contributed by atoms with van der Waals surface area (Å²) < 4.78 is 5.74. The first kappa shape index (κ1) is 25.9. The van der Waals surface area contributed by atoms with Crippen LogP contribution in [0.3, 0.4) is 0 Å². The lowest BCUT2D eigenvalue weighted by Crippen LogP contribution is -2.54. The van der Waals surface area contributed by atoms with Gasteiger partial charge < -0.3 is 19.9 Å². The van der Waals surface area contributed by atoms with Crippen LogP contribution in [-0.2, 0) is 16.1 Å². The number of ether oxygens (including phenoxy) is 1. The molecule has 0 atom stereocenters. The highest BCUT2D eigenvalue weighted by Gasteiger charge is 2.23. The van der Waals surface area contributed by atoms with Crippen LogP contribution >= 0.6 is 24.0 Å². The van der Waals surface area contributed by atoms with Gasteiger partial charge >= 0.3 is 0 Å². The van der Waals surface area contributed by atoms with Gasteiger partial charge in [-0.2, -0.15) is 0 Å². The van der Waals surface area contributed by atoms with Crippen molar-refractivity contribution in [3.63, 3.8) is 0 Å². The number of likely N-dealkylation sites (tertiary alicyclic amines) is 1. The number of carbonyl (C=O) groups is 1. The lowest BCUT2D eigenvalue weighted by atomic mass is 10.2. The van der Waals surface area contributed by atoms with Crippen LogP contribution in [0, 0.1) is 0 Å². The van der Waals surface area contributed by atoms with Gasteiger partial charge in [0, 0.05) is 52.9 Å². The smallest absolute Gasteiger partial charge is 0.236 e. The van der Waals surface area contributed by atoms with E-state index in [9.17, 15) is 4.79 Å². The van der Waals surface area contributed by atoms with E-state index in [4.69, 9.17) is 4.74 Å². The minimum Gasteiger partial charge on any atom is -0.375 e. The maximum absolute atomic E-state index is 12.6. The van der Waals surface area contributed by atoms with E-state index in [-0.39, 0.29) is 24.0 Å². The second-order valence-electron chi connectivity index (χ2n) is 8.07. The molecule has 0 aromatic heterocycles. The molecule has 1 aromatic rings. The molecule has 1 aromatic carbocycles. The van der Waals surface area contributed by atoms with Crippen molar-refractivity contribution in [3.8, 4) is 0 Å². The molecule has 3 rings (SSSR count). The van der Waals surface area contributed by atoms with Crippen molar-refractivity contribution in [1.82, 2.24) is 20.0 Å². The number of amides is 1. The van der Waals surface area contributed by atoms with E-state index in [0.29, 0.717) is 25.7 Å². The summed E-state index contributed by atoms with van der Waals surface area (Å²) >= 11 is 0. The molecular formula is C23H38IN5O2. The van der Waals surface area contributed by atoms with Crippen molar-refractivity contribution in [1.29, 1.82) is 0 Å². The van der Waals surface area contributed by atoms with Crippen LogP contribution < -0.4 is 5.32 Å². The van der Waals surface area contributed by atoms with E-state index in [1.807, 2.05) is 25.2 Å². The average Bonchev–Trinajstić information content (AvgIpc) is 3.07. The molecule has 2 saturated heterocycles. The minimum atomic E-state index is 0. The highest BCUT2D eigenvalue weighted by Crippen LogP contribution is 2.11. The molecule has 0 unspecified atom stereocenters. The summed E-state index contributed by atoms with van der Waals surface area (Å²) in [4.78, 5) is 23.6. The van der Waals surface area contributed by atoms with Gasteiger partial charge in [0.05, 0.1) is 19.8 Å². The fourth-order valence-corrected chi connectivity index (χ4v) is 4.06. The van der Waals surface area contributed by atoms with Gasteiger partial charge in [-0.1, -0.05) is 43.2 Å². The van der Waals surface area contributed by atoms with Crippen molar-refractivity contribution < 1.29 is 9.53 Å². The van der Waals surface area contributed by atoms with E-state index in [1.54, 1.807) is 0 Å². The maximum atomic E-state index is 12.6. The Morgan fingerprint density at radius 1 is 0.968 bits per heavy atom. The minimum absolute atomic E-state index is 0. The summed E-state index contributed by atoms with van der Waals surface area (Å²) in [6.45, 7) is 7.97. The van der Waals surface area contributed by atoms with Crippen molar-refractivity contribution in [3.05, 3.63) is 35.9 Å². The molecule has 0 aliphatic carbocycles. The Bertz CT molecular complexity index is 657. The van der Waals surface area contributed by atoms with Gasteiger partial charge in [-0.15, -0.1) is 24.0 Å². The Labute approximate surface area is 204 Å². The third-order valence-electron chi connectivity index (χ3n) is 5.84. The number of carbonyl (C=O) groups excluding carboxylic acids is 1. The Morgan fingerprint density at radius 2 is 1.65 bits per heavy atom. The molecule has 2 heterocycles. The summed E-state index contributed by atoms with van der Waals surface area (Å²) in [5.41, 5.74) is 1.19. The zero-order valence-corrected chi connectivity index (χ0v) is 21.1. The molecular weight excluding hydrogens is 505 g/mol. The number of piperazine rings is 1. The quantitative estimate of drug-likeness (QED) is 0.248. The first-order valence-electron chi connectivity index (χ1n) is 11.3. The van der Waals surface area contributed by atoms with Gasteiger partial charge in [0.1, 0.15) is 0 Å². The number of nitrogens with one attached hydrogen (secondary N) is 1. The number of hydrogen-bond acceptors (Lipinski definition) is 4. The largest absolute Gasteiger partial charge is 0.375 e. The van der Waals surface area contributed by atoms with Crippen molar-refractivity contribution in [2.24, 2.45) is 4.99 Å². The van der Waals surface area contributed by atoms with Crippen LogP contribution in [0.2, 0.25) is 0 Å². The highest BCUT2D eigenvalue weighted by molar-refractivity contribution is 14.0. The first-order chi connectivity index (χ1) is 14.8. The summed E-state index contributed by atoms with van der Waals surface area (Å²) in [5, 5.41) is 3.40. The molecule has 1 amide bonds. The van der Waals surface area contributed by atoms with Crippen LogP contribution in [0.5, 0.6) is 0 Å². The SMILES string of the molecule is CN=C(NCCOCc1ccccc1)N1CCN(CC(=O)N2CCCCCC2)CC1.I. The molecule has 8 heteroatoms. The molecule has 7 nitrogen and oxygen atoms in total. The van der Waals surface area contributed by atoms with Gasteiger partial charge in [-0.3, -0.25) is 14.7 Å². The number of rotatable bonds is 7. The molecule has 2 aliphatic rings. The van der Waals surface area contributed by atoms with Crippen LogP contribution in [0.25, 0.3) is 0 Å². The van der Waals surface area contributed by atoms with E-state index >= 15 is 0 Å². The first-order valence-corrected chi connectivity index (χ1v) is 11.3. The van der Waals surface area contributed by atoms with Crippen LogP contribution in [-0.4, -0.2) is 92.6 Å². The lowest BCUT2D eigenvalue weighted by Gasteiger charge is -2.37. The zero-order valence-electron chi connectivity index (χ0n) is 18.8. The fourth-order valence-electron chi connectivity index (χ4n) is 4.06. The van der Waals surface area contributed by atoms with E-state index < -0.39 is 0 Å². The topological polar surface area (TPSA) is 60.4 Å². The number of nitrogens with zero attached hydrogens (tertiary/aromatic N) is 4. The van der Waals surface area contributed by atoms with Crippen LogP contribution in [0.1, 0.15) is 31.2 Å². The van der Waals surface area contributed by atoms with Gasteiger partial charge in [-0.25, -0.2) is 0 Å². The number of guanidine groups is 1. The summed E-state index contributed by atoms with van der Waals surface area (Å²) in [6.07, 6.45) is 4.81. The molecule has 2 fully saturated rings. The summed E-state index contributed by atoms with van der Waals surface area (Å²) in [5.74, 6) is 1.21. The van der Waals surface area contributed by atoms with E-state index in [1.165, 1.54) is 18.4 Å². The number of hydrogen-bond donors (Lipinski definition) is 1. The Kier molecular flexibility index (Phi) is 12.2. The molecule has 0 spiro atoms. The van der Waals surface area contributed by atoms with Crippen molar-refractivity contribution in [2.75, 3.05) is 66.0 Å². The number of benzene rings is 1. The van der Waals surface area contributed by atoms with Crippen LogP contribution in [0.4, 0.5) is 0 Å². The molecule has 31 heavy (non-hydrogen) atoms. The molecule has 174 valence electrons. The maximum Gasteiger partial charge on any atom is 0.236 e. The lowest BCUT2D eigenvalue weighted by molar-refractivity contribution is -0.132. The Morgan fingerprint density at radius 3 is 2.29 bits per heavy atom. The van der Waals surface area contributed by atoms with Crippen molar-refractivity contribution in [2.45, 2.75) is 32.3 Å². The predicted octanol–water partition coefficient (Wildman–Crippen LogP) is 2.42. The molecule has 0 saturated carbocycles. The van der Waals surface area contributed by atoms with E-state index in [2.05, 4.69) is 37.1 Å². The molecule has 2 aliphatic heterocycles. The molecule has 0 bridgehead atoms. The highest BCUT2D eigenvalue weighted by atomic mass is 127. The number of aliphatic imine (C=N–C) groups is 1. The Hall–Kier alpha value is -1.39. The van der Waals surface area contributed by atoms with Gasteiger partial charge in [0.15, 0.2) is 5.96 Å². The standard InChI is InChI=1S/C23H37N5O2.HI/c1-24-23(25-11-18-30-20-21-9-5-4-6-10-21)28-16-14-26(15-17-28)19-22(29)27-12-7-2-3-8-13-27;/h4-6,9-10H,2-3,7-8,11-20H2,1H3,(H,24,25);1H. The average molecular weight is 543 g/mol. The fraction of sp³-hybridized carbons (Fsp3) is 0.652. The van der Waals surface area contributed by atoms with Gasteiger partial charge in [-0.05, 0) is 18.4 Å². The zero-order chi connectivity index (χ0) is 21.0. The molecule has 1 N–H and O–H groups in total. The summed E-state index contributed by atoms with van der Waals surface area (Å²) in [6, 6.07) is 10.2. The monoisotopic (exact) mass is 543 g/mol. The summed E-state index contributed by atoms with van der Waals surface area (Å²) in [7, 11) is 1.82. The second-order valence-corrected chi connectivity index (χ2v) is 8.07.